The highest BCUT2D eigenvalue weighted by molar-refractivity contribution is 7.92. The lowest BCUT2D eigenvalue weighted by molar-refractivity contribution is -0.136. The number of hydrogen-bond donors (Lipinski definition) is 2. The van der Waals surface area contributed by atoms with Crippen molar-refractivity contribution in [3.8, 4) is 0 Å². The molecule has 2 atom stereocenters. The standard InChI is InChI=1S/C20H23N3O7S/c24-17-6-5-16(18(25)22-17)23-10-13-4-3-12(8-15(13)19(23)26)9-21-20(27)30-11-14-2-1-7-31(14,28)29/h3-4,8,14,16H,1-2,5-7,9-11H2,(H,21,27)(H,22,24,25). The first-order valence-electron chi connectivity index (χ1n) is 10.1. The fourth-order valence-corrected chi connectivity index (χ4v) is 5.85. The van der Waals surface area contributed by atoms with Crippen LogP contribution in [0.2, 0.25) is 0 Å². The van der Waals surface area contributed by atoms with E-state index in [4.69, 9.17) is 4.74 Å². The highest BCUT2D eigenvalue weighted by atomic mass is 32.2. The van der Waals surface area contributed by atoms with Crippen LogP contribution in [-0.4, -0.2) is 60.8 Å². The molecule has 0 spiro atoms. The number of ether oxygens (including phenoxy) is 1. The van der Waals surface area contributed by atoms with Crippen LogP contribution in [0.5, 0.6) is 0 Å². The molecule has 2 fully saturated rings. The molecule has 4 rings (SSSR count). The molecule has 2 unspecified atom stereocenters. The van der Waals surface area contributed by atoms with Crippen LogP contribution >= 0.6 is 0 Å². The maximum absolute atomic E-state index is 12.8. The number of rotatable bonds is 5. The van der Waals surface area contributed by atoms with Gasteiger partial charge in [0, 0.05) is 25.1 Å². The first-order chi connectivity index (χ1) is 14.7. The van der Waals surface area contributed by atoms with E-state index in [0.29, 0.717) is 30.4 Å². The van der Waals surface area contributed by atoms with Gasteiger partial charge in [0.1, 0.15) is 12.6 Å². The molecule has 1 aromatic carbocycles. The van der Waals surface area contributed by atoms with Crippen molar-refractivity contribution in [2.75, 3.05) is 12.4 Å². The van der Waals surface area contributed by atoms with Crippen LogP contribution in [-0.2, 0) is 37.3 Å². The molecule has 166 valence electrons. The summed E-state index contributed by atoms with van der Waals surface area (Å²) in [5.74, 6) is -0.968. The molecular weight excluding hydrogens is 426 g/mol. The lowest BCUT2D eigenvalue weighted by atomic mass is 10.0. The fourth-order valence-electron chi connectivity index (χ4n) is 4.15. The Morgan fingerprint density at radius 3 is 2.74 bits per heavy atom. The van der Waals surface area contributed by atoms with E-state index in [2.05, 4.69) is 10.6 Å². The third-order valence-electron chi connectivity index (χ3n) is 5.89. The Hall–Kier alpha value is -2.95. The van der Waals surface area contributed by atoms with Gasteiger partial charge in [0.15, 0.2) is 9.84 Å². The van der Waals surface area contributed by atoms with E-state index in [0.717, 1.165) is 5.56 Å². The maximum atomic E-state index is 12.8. The average Bonchev–Trinajstić information content (AvgIpc) is 3.23. The minimum absolute atomic E-state index is 0.106. The zero-order valence-electron chi connectivity index (χ0n) is 16.8. The van der Waals surface area contributed by atoms with Crippen molar-refractivity contribution in [3.05, 3.63) is 34.9 Å². The average molecular weight is 449 g/mol. The second kappa shape index (κ2) is 8.29. The number of nitrogens with one attached hydrogen (secondary N) is 2. The van der Waals surface area contributed by atoms with E-state index >= 15 is 0 Å². The number of hydrogen-bond acceptors (Lipinski definition) is 7. The van der Waals surface area contributed by atoms with Crippen molar-refractivity contribution in [3.63, 3.8) is 0 Å². The molecule has 4 amide bonds. The number of fused-ring (bicyclic) bond motifs is 1. The molecule has 3 heterocycles. The summed E-state index contributed by atoms with van der Waals surface area (Å²) in [5, 5.41) is 4.18. The van der Waals surface area contributed by atoms with Gasteiger partial charge in [0.2, 0.25) is 11.8 Å². The summed E-state index contributed by atoms with van der Waals surface area (Å²) in [7, 11) is -3.18. The summed E-state index contributed by atoms with van der Waals surface area (Å²) in [4.78, 5) is 49.7. The summed E-state index contributed by atoms with van der Waals surface area (Å²) in [5.41, 5.74) is 1.89. The van der Waals surface area contributed by atoms with Crippen LogP contribution in [0.3, 0.4) is 0 Å². The summed E-state index contributed by atoms with van der Waals surface area (Å²) in [6, 6.07) is 4.51. The van der Waals surface area contributed by atoms with Gasteiger partial charge in [0.25, 0.3) is 5.91 Å². The Kier molecular flexibility index (Phi) is 5.69. The van der Waals surface area contributed by atoms with Crippen molar-refractivity contribution in [2.24, 2.45) is 0 Å². The van der Waals surface area contributed by atoms with Gasteiger partial charge in [-0.15, -0.1) is 0 Å². The van der Waals surface area contributed by atoms with E-state index in [1.54, 1.807) is 18.2 Å². The highest BCUT2D eigenvalue weighted by Crippen LogP contribution is 2.28. The van der Waals surface area contributed by atoms with Crippen molar-refractivity contribution in [1.29, 1.82) is 0 Å². The molecular formula is C20H23N3O7S. The predicted octanol–water partition coefficient (Wildman–Crippen LogP) is 0.251. The van der Waals surface area contributed by atoms with Crippen LogP contribution < -0.4 is 10.6 Å². The third kappa shape index (κ3) is 4.41. The van der Waals surface area contributed by atoms with E-state index in [1.165, 1.54) is 4.90 Å². The van der Waals surface area contributed by atoms with Crippen molar-refractivity contribution in [1.82, 2.24) is 15.5 Å². The third-order valence-corrected chi connectivity index (χ3v) is 8.14. The Balaban J connectivity index is 1.33. The van der Waals surface area contributed by atoms with Crippen molar-refractivity contribution in [2.45, 2.75) is 50.1 Å². The number of sulfone groups is 1. The Bertz CT molecular complexity index is 1050. The summed E-state index contributed by atoms with van der Waals surface area (Å²) in [6.07, 6.45) is 0.833. The number of benzene rings is 1. The second-order valence-electron chi connectivity index (χ2n) is 7.97. The van der Waals surface area contributed by atoms with E-state index in [9.17, 15) is 27.6 Å². The summed E-state index contributed by atoms with van der Waals surface area (Å²) >= 11 is 0. The highest BCUT2D eigenvalue weighted by Gasteiger charge is 2.39. The van der Waals surface area contributed by atoms with Gasteiger partial charge < -0.3 is 15.0 Å². The minimum atomic E-state index is -3.18. The number of piperidine rings is 1. The van der Waals surface area contributed by atoms with Crippen LogP contribution in [0.1, 0.15) is 47.2 Å². The summed E-state index contributed by atoms with van der Waals surface area (Å²) in [6.45, 7) is 0.221. The lowest BCUT2D eigenvalue weighted by Crippen LogP contribution is -2.52. The first-order valence-corrected chi connectivity index (χ1v) is 11.8. The monoisotopic (exact) mass is 449 g/mol. The number of nitrogens with zero attached hydrogens (tertiary/aromatic N) is 1. The molecule has 1 aromatic rings. The molecule has 0 radical (unpaired) electrons. The SMILES string of the molecule is O=C1CCC(N2Cc3ccc(CNC(=O)OCC4CCCS4(=O)=O)cc3C2=O)C(=O)N1. The molecule has 2 N–H and O–H groups in total. The number of amides is 4. The molecule has 3 aliphatic heterocycles. The van der Waals surface area contributed by atoms with Crippen LogP contribution in [0, 0.1) is 0 Å². The zero-order valence-corrected chi connectivity index (χ0v) is 17.6. The minimum Gasteiger partial charge on any atom is -0.448 e. The smallest absolute Gasteiger partial charge is 0.407 e. The molecule has 3 aliphatic rings. The maximum Gasteiger partial charge on any atom is 0.407 e. The van der Waals surface area contributed by atoms with Gasteiger partial charge in [-0.25, -0.2) is 13.2 Å². The van der Waals surface area contributed by atoms with Crippen molar-refractivity contribution < 1.29 is 32.3 Å². The molecule has 0 bridgehead atoms. The van der Waals surface area contributed by atoms with Gasteiger partial charge in [-0.3, -0.25) is 19.7 Å². The molecule has 0 aromatic heterocycles. The van der Waals surface area contributed by atoms with Crippen LogP contribution in [0.4, 0.5) is 4.79 Å². The van der Waals surface area contributed by atoms with Gasteiger partial charge in [0.05, 0.1) is 11.0 Å². The van der Waals surface area contributed by atoms with Gasteiger partial charge in [-0.05, 0) is 36.5 Å². The van der Waals surface area contributed by atoms with E-state index in [1.807, 2.05) is 0 Å². The number of imide groups is 1. The van der Waals surface area contributed by atoms with E-state index in [-0.39, 0.29) is 43.7 Å². The second-order valence-corrected chi connectivity index (χ2v) is 10.4. The van der Waals surface area contributed by atoms with E-state index < -0.39 is 33.1 Å². The molecule has 11 heteroatoms. The molecule has 0 saturated carbocycles. The van der Waals surface area contributed by atoms with Crippen molar-refractivity contribution >= 4 is 33.7 Å². The van der Waals surface area contributed by atoms with Gasteiger partial charge >= 0.3 is 6.09 Å². The molecule has 31 heavy (non-hydrogen) atoms. The topological polar surface area (TPSA) is 139 Å². The first kappa shape index (κ1) is 21.3. The fraction of sp³-hybridized carbons (Fsp3) is 0.500. The zero-order chi connectivity index (χ0) is 22.2. The summed E-state index contributed by atoms with van der Waals surface area (Å²) < 4.78 is 28.6. The molecule has 10 nitrogen and oxygen atoms in total. The van der Waals surface area contributed by atoms with Crippen LogP contribution in [0.15, 0.2) is 18.2 Å². The molecule has 0 aliphatic carbocycles. The number of alkyl carbamates (subject to hydrolysis) is 1. The predicted molar refractivity (Wildman–Crippen MR) is 107 cm³/mol. The number of carbonyl (C=O) groups is 4. The Labute approximate surface area is 179 Å². The Morgan fingerprint density at radius 2 is 2.03 bits per heavy atom. The number of carbonyl (C=O) groups excluding carboxylic acids is 4. The lowest BCUT2D eigenvalue weighted by Gasteiger charge is -2.29. The van der Waals surface area contributed by atoms with Gasteiger partial charge in [-0.2, -0.15) is 0 Å². The Morgan fingerprint density at radius 1 is 1.23 bits per heavy atom. The molecule has 2 saturated heterocycles. The van der Waals surface area contributed by atoms with Crippen LogP contribution in [0.25, 0.3) is 0 Å². The van der Waals surface area contributed by atoms with Gasteiger partial charge in [-0.1, -0.05) is 12.1 Å². The normalized spacial score (nSPS) is 24.6. The quantitative estimate of drug-likeness (QED) is 0.614. The largest absolute Gasteiger partial charge is 0.448 e.